The molecule has 1 N–H and O–H groups in total. The van der Waals surface area contributed by atoms with Gasteiger partial charge >= 0.3 is 0 Å². The lowest BCUT2D eigenvalue weighted by molar-refractivity contribution is -0.126. The lowest BCUT2D eigenvalue weighted by Crippen LogP contribution is -2.46. The number of nitrogens with one attached hydrogen (secondary N) is 1. The summed E-state index contributed by atoms with van der Waals surface area (Å²) < 4.78 is 28.4. The topological polar surface area (TPSA) is 84.3 Å². The van der Waals surface area contributed by atoms with Gasteiger partial charge in [-0.1, -0.05) is 19.1 Å². The van der Waals surface area contributed by atoms with Gasteiger partial charge in [0.2, 0.25) is 15.9 Å². The smallest absolute Gasteiger partial charge is 0.225 e. The number of nitrogens with zero attached hydrogens (tertiary/aromatic N) is 3. The number of hydrogen-bond acceptors (Lipinski definition) is 4. The summed E-state index contributed by atoms with van der Waals surface area (Å²) in [5.41, 5.74) is 1.96. The maximum absolute atomic E-state index is 12.9. The molecular weight excluding hydrogens is 388 g/mol. The number of aromatic nitrogens is 2. The van der Waals surface area contributed by atoms with Crippen molar-refractivity contribution in [2.45, 2.75) is 59.0 Å². The van der Waals surface area contributed by atoms with Crippen LogP contribution in [0.2, 0.25) is 0 Å². The molecule has 0 bridgehead atoms. The van der Waals surface area contributed by atoms with Crippen molar-refractivity contribution in [2.75, 3.05) is 18.8 Å². The molecule has 1 aliphatic rings. The van der Waals surface area contributed by atoms with Gasteiger partial charge in [-0.2, -0.15) is 0 Å². The van der Waals surface area contributed by atoms with Crippen LogP contribution >= 0.6 is 0 Å². The fourth-order valence-corrected chi connectivity index (χ4v) is 5.69. The fourth-order valence-electron chi connectivity index (χ4n) is 4.10. The molecule has 2 aromatic rings. The molecule has 29 heavy (non-hydrogen) atoms. The molecule has 1 aliphatic heterocycles. The van der Waals surface area contributed by atoms with Crippen LogP contribution in [-0.2, 0) is 14.8 Å². The van der Waals surface area contributed by atoms with Gasteiger partial charge in [0.25, 0.3) is 0 Å². The predicted octanol–water partition coefficient (Wildman–Crippen LogP) is 3.25. The average Bonchev–Trinajstić information content (AvgIpc) is 3.08. The Labute approximate surface area is 173 Å². The van der Waals surface area contributed by atoms with Gasteiger partial charge in [0.15, 0.2) is 0 Å². The summed E-state index contributed by atoms with van der Waals surface area (Å²) in [4.78, 5) is 17.7. The maximum atomic E-state index is 12.9. The number of carbonyl (C=O) groups excluding carboxylic acids is 1. The molecule has 0 saturated carbocycles. The van der Waals surface area contributed by atoms with E-state index in [1.807, 2.05) is 38.1 Å². The highest BCUT2D eigenvalue weighted by Gasteiger charge is 2.32. The zero-order chi connectivity index (χ0) is 21.2. The Balaban J connectivity index is 1.76. The fraction of sp³-hybridized carbons (Fsp3) is 0.619. The van der Waals surface area contributed by atoms with Crippen molar-refractivity contribution >= 4 is 27.0 Å². The number of fused-ring (bicyclic) bond motifs is 1. The van der Waals surface area contributed by atoms with E-state index in [4.69, 9.17) is 4.98 Å². The first-order valence-corrected chi connectivity index (χ1v) is 12.1. The summed E-state index contributed by atoms with van der Waals surface area (Å²) in [5.74, 6) is 0.530. The normalized spacial score (nSPS) is 19.6. The number of carbonyl (C=O) groups is 1. The molecule has 1 amide bonds. The number of amides is 1. The van der Waals surface area contributed by atoms with Crippen molar-refractivity contribution in [1.82, 2.24) is 19.2 Å². The standard InChI is InChI=1S/C21H32N4O3S/c1-5-13-29(27,28)24-12-8-9-17(14-24)21(26)22-16(4)20-23-18-10-6-7-11-19(18)25(20)15(2)3/h6-7,10-11,15-17H,5,8-9,12-14H2,1-4H3,(H,22,26). The molecule has 0 spiro atoms. The van der Waals surface area contributed by atoms with Crippen molar-refractivity contribution in [1.29, 1.82) is 0 Å². The van der Waals surface area contributed by atoms with Gasteiger partial charge in [-0.25, -0.2) is 17.7 Å². The first-order valence-electron chi connectivity index (χ1n) is 10.5. The summed E-state index contributed by atoms with van der Waals surface area (Å²) >= 11 is 0. The minimum absolute atomic E-state index is 0.101. The molecule has 2 unspecified atom stereocenters. The molecule has 0 aliphatic carbocycles. The van der Waals surface area contributed by atoms with Crippen molar-refractivity contribution in [3.8, 4) is 0 Å². The summed E-state index contributed by atoms with van der Waals surface area (Å²) in [6.45, 7) is 8.76. The molecule has 2 atom stereocenters. The van der Waals surface area contributed by atoms with E-state index < -0.39 is 10.0 Å². The van der Waals surface area contributed by atoms with Crippen LogP contribution in [-0.4, -0.2) is 47.0 Å². The molecule has 8 heteroatoms. The van der Waals surface area contributed by atoms with Gasteiger partial charge in [-0.3, -0.25) is 4.79 Å². The third kappa shape index (κ3) is 4.64. The van der Waals surface area contributed by atoms with E-state index in [9.17, 15) is 13.2 Å². The van der Waals surface area contributed by atoms with Gasteiger partial charge < -0.3 is 9.88 Å². The van der Waals surface area contributed by atoms with Crippen molar-refractivity contribution in [2.24, 2.45) is 5.92 Å². The van der Waals surface area contributed by atoms with Crippen molar-refractivity contribution in [3.63, 3.8) is 0 Å². The van der Waals surface area contributed by atoms with Crippen LogP contribution in [0.15, 0.2) is 24.3 Å². The van der Waals surface area contributed by atoms with Crippen LogP contribution in [0, 0.1) is 5.92 Å². The molecule has 1 aromatic heterocycles. The maximum Gasteiger partial charge on any atom is 0.225 e. The summed E-state index contributed by atoms with van der Waals surface area (Å²) in [6.07, 6.45) is 2.00. The molecule has 1 aromatic carbocycles. The van der Waals surface area contributed by atoms with Crippen LogP contribution in [0.5, 0.6) is 0 Å². The van der Waals surface area contributed by atoms with E-state index in [0.717, 1.165) is 16.9 Å². The summed E-state index contributed by atoms with van der Waals surface area (Å²) in [7, 11) is -3.28. The zero-order valence-corrected chi connectivity index (χ0v) is 18.6. The Bertz CT molecular complexity index is 967. The largest absolute Gasteiger partial charge is 0.346 e. The number of benzene rings is 1. The highest BCUT2D eigenvalue weighted by Crippen LogP contribution is 2.26. The average molecular weight is 421 g/mol. The van der Waals surface area contributed by atoms with E-state index in [1.54, 1.807) is 0 Å². The number of para-hydroxylation sites is 2. The molecule has 7 nitrogen and oxygen atoms in total. The van der Waals surface area contributed by atoms with E-state index in [1.165, 1.54) is 4.31 Å². The lowest BCUT2D eigenvalue weighted by Gasteiger charge is -2.31. The van der Waals surface area contributed by atoms with E-state index in [-0.39, 0.29) is 36.2 Å². The Hall–Kier alpha value is -1.93. The van der Waals surface area contributed by atoms with Gasteiger partial charge in [0.1, 0.15) is 5.82 Å². The van der Waals surface area contributed by atoms with Crippen LogP contribution in [0.25, 0.3) is 11.0 Å². The first-order chi connectivity index (χ1) is 13.7. The Morgan fingerprint density at radius 3 is 2.69 bits per heavy atom. The Kier molecular flexibility index (Phi) is 6.63. The third-order valence-corrected chi connectivity index (χ3v) is 7.54. The van der Waals surface area contributed by atoms with Gasteiger partial charge in [0, 0.05) is 19.1 Å². The molecule has 1 fully saturated rings. The summed E-state index contributed by atoms with van der Waals surface area (Å²) in [5, 5.41) is 3.08. The van der Waals surface area contributed by atoms with E-state index in [0.29, 0.717) is 25.8 Å². The SMILES string of the molecule is CCCS(=O)(=O)N1CCCC(C(=O)NC(C)c2nc3ccccc3n2C(C)C)C1. The first kappa shape index (κ1) is 21.8. The molecule has 0 radical (unpaired) electrons. The number of hydrogen-bond donors (Lipinski definition) is 1. The predicted molar refractivity (Wildman–Crippen MR) is 115 cm³/mol. The molecule has 2 heterocycles. The molecular formula is C21H32N4O3S. The minimum atomic E-state index is -3.28. The van der Waals surface area contributed by atoms with Crippen LogP contribution in [0.3, 0.4) is 0 Å². The summed E-state index contributed by atoms with van der Waals surface area (Å²) in [6, 6.07) is 7.91. The highest BCUT2D eigenvalue weighted by molar-refractivity contribution is 7.89. The Morgan fingerprint density at radius 1 is 1.28 bits per heavy atom. The number of sulfonamides is 1. The lowest BCUT2D eigenvalue weighted by atomic mass is 9.98. The second kappa shape index (κ2) is 8.83. The highest BCUT2D eigenvalue weighted by atomic mass is 32.2. The van der Waals surface area contributed by atoms with Gasteiger partial charge in [-0.15, -0.1) is 0 Å². The van der Waals surface area contributed by atoms with Crippen LogP contribution in [0.1, 0.15) is 64.9 Å². The molecule has 160 valence electrons. The second-order valence-electron chi connectivity index (χ2n) is 8.17. The molecule has 1 saturated heterocycles. The van der Waals surface area contributed by atoms with E-state index in [2.05, 4.69) is 23.7 Å². The monoisotopic (exact) mass is 420 g/mol. The minimum Gasteiger partial charge on any atom is -0.346 e. The number of piperidine rings is 1. The Morgan fingerprint density at radius 2 is 2.00 bits per heavy atom. The van der Waals surface area contributed by atoms with Gasteiger partial charge in [-0.05, 0) is 52.2 Å². The number of imidazole rings is 1. The quantitative estimate of drug-likeness (QED) is 0.745. The molecule has 3 rings (SSSR count). The van der Waals surface area contributed by atoms with Crippen LogP contribution in [0.4, 0.5) is 0 Å². The number of rotatable bonds is 7. The van der Waals surface area contributed by atoms with Crippen molar-refractivity contribution < 1.29 is 13.2 Å². The van der Waals surface area contributed by atoms with Crippen LogP contribution < -0.4 is 5.32 Å². The van der Waals surface area contributed by atoms with E-state index >= 15 is 0 Å². The van der Waals surface area contributed by atoms with Crippen molar-refractivity contribution in [3.05, 3.63) is 30.1 Å². The van der Waals surface area contributed by atoms with Gasteiger partial charge in [0.05, 0.1) is 28.7 Å². The second-order valence-corrected chi connectivity index (χ2v) is 10.3. The third-order valence-electron chi connectivity index (χ3n) is 5.50. The zero-order valence-electron chi connectivity index (χ0n) is 17.8.